The van der Waals surface area contributed by atoms with E-state index in [1.807, 2.05) is 0 Å². The maximum absolute atomic E-state index is 3.55. The summed E-state index contributed by atoms with van der Waals surface area (Å²) in [5, 5.41) is 0. The monoisotopic (exact) mass is 268 g/mol. The Balaban J connectivity index is 2.99. The summed E-state index contributed by atoms with van der Waals surface area (Å²) >= 11 is 3.55. The van der Waals surface area contributed by atoms with Crippen molar-refractivity contribution in [1.29, 1.82) is 0 Å². The van der Waals surface area contributed by atoms with Gasteiger partial charge in [0.1, 0.15) is 0 Å². The first kappa shape index (κ1) is 12.8. The molecule has 0 aliphatic heterocycles. The Morgan fingerprint density at radius 1 is 1.27 bits per heavy atom. The minimum Gasteiger partial charge on any atom is -0.0654 e. The van der Waals surface area contributed by atoms with Gasteiger partial charge in [-0.25, -0.2) is 0 Å². The molecule has 0 aliphatic carbocycles. The van der Waals surface area contributed by atoms with Crippen LogP contribution in [-0.2, 0) is 0 Å². The Hall–Kier alpha value is -0.300. The lowest BCUT2D eigenvalue weighted by atomic mass is 9.74. The van der Waals surface area contributed by atoms with Gasteiger partial charge < -0.3 is 0 Å². The van der Waals surface area contributed by atoms with Crippen molar-refractivity contribution in [3.05, 3.63) is 34.3 Å². The molecule has 1 aromatic rings. The molecule has 0 aromatic heterocycles. The first-order chi connectivity index (χ1) is 6.95. The lowest BCUT2D eigenvalue weighted by Crippen LogP contribution is -2.18. The van der Waals surface area contributed by atoms with Gasteiger partial charge in [0.2, 0.25) is 0 Å². The van der Waals surface area contributed by atoms with Crippen LogP contribution in [0.15, 0.2) is 28.7 Å². The predicted octanol–water partition coefficient (Wildman–Crippen LogP) is 5.38. The van der Waals surface area contributed by atoms with Crippen LogP contribution in [0.2, 0.25) is 0 Å². The van der Waals surface area contributed by atoms with Crippen LogP contribution in [0.25, 0.3) is 0 Å². The van der Waals surface area contributed by atoms with Crippen molar-refractivity contribution in [2.45, 2.75) is 46.5 Å². The summed E-state index contributed by atoms with van der Waals surface area (Å²) in [5.74, 6) is 0.653. The van der Waals surface area contributed by atoms with Crippen LogP contribution in [0, 0.1) is 5.41 Å². The topological polar surface area (TPSA) is 0 Å². The Labute approximate surface area is 102 Å². The average Bonchev–Trinajstić information content (AvgIpc) is 2.12. The van der Waals surface area contributed by atoms with E-state index in [1.54, 1.807) is 0 Å². The molecule has 0 N–H and O–H groups in total. The molecule has 0 saturated carbocycles. The van der Waals surface area contributed by atoms with E-state index < -0.39 is 0 Å². The number of halogens is 1. The maximum Gasteiger partial charge on any atom is 0.0178 e. The molecule has 15 heavy (non-hydrogen) atoms. The summed E-state index contributed by atoms with van der Waals surface area (Å²) in [6.45, 7) is 9.24. The van der Waals surface area contributed by atoms with E-state index in [4.69, 9.17) is 0 Å². The lowest BCUT2D eigenvalue weighted by molar-refractivity contribution is 0.303. The summed E-state index contributed by atoms with van der Waals surface area (Å²) in [6, 6.07) is 8.73. The van der Waals surface area contributed by atoms with Gasteiger partial charge in [-0.2, -0.15) is 0 Å². The number of benzene rings is 1. The molecule has 1 rings (SSSR count). The first-order valence-electron chi connectivity index (χ1n) is 5.70. The fourth-order valence-electron chi connectivity index (χ4n) is 2.11. The molecule has 0 saturated heterocycles. The Bertz CT molecular complexity index is 309. The summed E-state index contributed by atoms with van der Waals surface area (Å²) in [4.78, 5) is 0. The predicted molar refractivity (Wildman–Crippen MR) is 71.2 cm³/mol. The zero-order chi connectivity index (χ0) is 11.5. The molecule has 1 atom stereocenters. The van der Waals surface area contributed by atoms with Crippen molar-refractivity contribution in [2.24, 2.45) is 5.41 Å². The number of hydrogen-bond donors (Lipinski definition) is 0. The van der Waals surface area contributed by atoms with Gasteiger partial charge in [-0.3, -0.25) is 0 Å². The summed E-state index contributed by atoms with van der Waals surface area (Å²) < 4.78 is 1.19. The molecule has 1 heteroatoms. The van der Waals surface area contributed by atoms with Gasteiger partial charge >= 0.3 is 0 Å². The third-order valence-corrected chi connectivity index (χ3v) is 3.37. The molecule has 0 aliphatic rings. The van der Waals surface area contributed by atoms with Gasteiger partial charge in [-0.1, -0.05) is 62.2 Å². The molecule has 84 valence electrons. The van der Waals surface area contributed by atoms with Crippen LogP contribution < -0.4 is 0 Å². The van der Waals surface area contributed by atoms with Crippen LogP contribution >= 0.6 is 15.9 Å². The molecule has 0 nitrogen and oxygen atoms in total. The van der Waals surface area contributed by atoms with E-state index in [1.165, 1.54) is 22.9 Å². The van der Waals surface area contributed by atoms with Crippen LogP contribution in [-0.4, -0.2) is 0 Å². The highest BCUT2D eigenvalue weighted by molar-refractivity contribution is 9.10. The van der Waals surface area contributed by atoms with E-state index in [0.717, 1.165) is 0 Å². The zero-order valence-electron chi connectivity index (χ0n) is 10.2. The Morgan fingerprint density at radius 2 is 1.93 bits per heavy atom. The fourth-order valence-corrected chi connectivity index (χ4v) is 2.53. The van der Waals surface area contributed by atoms with Crippen LogP contribution in [0.1, 0.15) is 52.0 Å². The second-order valence-electron chi connectivity index (χ2n) is 5.26. The summed E-state index contributed by atoms with van der Waals surface area (Å²) in [5.41, 5.74) is 1.80. The largest absolute Gasteiger partial charge is 0.0654 e. The van der Waals surface area contributed by atoms with Gasteiger partial charge in [-0.15, -0.1) is 0 Å². The van der Waals surface area contributed by atoms with Gasteiger partial charge in [0.25, 0.3) is 0 Å². The standard InChI is InChI=1S/C14H21Br/c1-5-7-13(14(2,3)4)11-8-6-9-12(15)10-11/h6,8-10,13H,5,7H2,1-4H3. The highest BCUT2D eigenvalue weighted by Gasteiger charge is 2.25. The molecule has 0 radical (unpaired) electrons. The van der Waals surface area contributed by atoms with Crippen molar-refractivity contribution in [2.75, 3.05) is 0 Å². The molecule has 1 aromatic carbocycles. The van der Waals surface area contributed by atoms with Crippen molar-refractivity contribution >= 4 is 15.9 Å². The van der Waals surface area contributed by atoms with Gasteiger partial charge in [0, 0.05) is 4.47 Å². The summed E-state index contributed by atoms with van der Waals surface area (Å²) in [7, 11) is 0. The van der Waals surface area contributed by atoms with E-state index in [-0.39, 0.29) is 0 Å². The van der Waals surface area contributed by atoms with E-state index in [0.29, 0.717) is 11.3 Å². The molecule has 0 fully saturated rings. The van der Waals surface area contributed by atoms with Gasteiger partial charge in [0.05, 0.1) is 0 Å². The average molecular weight is 269 g/mol. The molecule has 0 bridgehead atoms. The van der Waals surface area contributed by atoms with Crippen molar-refractivity contribution < 1.29 is 0 Å². The summed E-state index contributed by atoms with van der Waals surface area (Å²) in [6.07, 6.45) is 2.51. The molecule has 0 spiro atoms. The first-order valence-corrected chi connectivity index (χ1v) is 6.50. The van der Waals surface area contributed by atoms with Crippen molar-refractivity contribution in [1.82, 2.24) is 0 Å². The van der Waals surface area contributed by atoms with Crippen LogP contribution in [0.4, 0.5) is 0 Å². The molecule has 0 heterocycles. The van der Waals surface area contributed by atoms with Crippen LogP contribution in [0.3, 0.4) is 0 Å². The Kier molecular flexibility index (Phi) is 4.39. The zero-order valence-corrected chi connectivity index (χ0v) is 11.8. The normalized spacial score (nSPS) is 13.9. The molecular formula is C14H21Br. The minimum atomic E-state index is 0.344. The fraction of sp³-hybridized carbons (Fsp3) is 0.571. The smallest absolute Gasteiger partial charge is 0.0178 e. The Morgan fingerprint density at radius 3 is 2.40 bits per heavy atom. The second-order valence-corrected chi connectivity index (χ2v) is 6.18. The lowest BCUT2D eigenvalue weighted by Gasteiger charge is -2.31. The third-order valence-electron chi connectivity index (χ3n) is 2.87. The number of rotatable bonds is 3. The highest BCUT2D eigenvalue weighted by atomic mass is 79.9. The SMILES string of the molecule is CCCC(c1cccc(Br)c1)C(C)(C)C. The minimum absolute atomic E-state index is 0.344. The number of hydrogen-bond acceptors (Lipinski definition) is 0. The van der Waals surface area contributed by atoms with E-state index >= 15 is 0 Å². The third kappa shape index (κ3) is 3.64. The van der Waals surface area contributed by atoms with Crippen molar-refractivity contribution in [3.8, 4) is 0 Å². The van der Waals surface area contributed by atoms with E-state index in [9.17, 15) is 0 Å². The van der Waals surface area contributed by atoms with Gasteiger partial charge in [-0.05, 0) is 35.4 Å². The molecule has 1 unspecified atom stereocenters. The van der Waals surface area contributed by atoms with Crippen molar-refractivity contribution in [3.63, 3.8) is 0 Å². The maximum atomic E-state index is 3.55. The van der Waals surface area contributed by atoms with E-state index in [2.05, 4.69) is 67.9 Å². The quantitative estimate of drug-likeness (QED) is 0.691. The second kappa shape index (κ2) is 5.16. The molecular weight excluding hydrogens is 248 g/mol. The van der Waals surface area contributed by atoms with Gasteiger partial charge in [0.15, 0.2) is 0 Å². The highest BCUT2D eigenvalue weighted by Crippen LogP contribution is 2.39. The van der Waals surface area contributed by atoms with Crippen LogP contribution in [0.5, 0.6) is 0 Å². The molecule has 0 amide bonds.